The van der Waals surface area contributed by atoms with Crippen molar-refractivity contribution in [1.29, 1.82) is 0 Å². The number of benzene rings is 1. The summed E-state index contributed by atoms with van der Waals surface area (Å²) in [5, 5.41) is 2.77. The van der Waals surface area contributed by atoms with E-state index in [1.54, 1.807) is 0 Å². The maximum Gasteiger partial charge on any atom is 0.494 e. The van der Waals surface area contributed by atoms with Gasteiger partial charge in [-0.3, -0.25) is 4.79 Å². The largest absolute Gasteiger partial charge is 0.494 e. The fraction of sp³-hybridized carbons (Fsp3) is 0.611. The minimum absolute atomic E-state index is 0.0311. The van der Waals surface area contributed by atoms with Gasteiger partial charge in [0.2, 0.25) is 0 Å². The lowest BCUT2D eigenvalue weighted by atomic mass is 9.77. The zero-order valence-corrected chi connectivity index (χ0v) is 15.4. The fourth-order valence-electron chi connectivity index (χ4n) is 2.88. The second kappa shape index (κ2) is 6.27. The molecule has 0 unspecified atom stereocenters. The van der Waals surface area contributed by atoms with Crippen LogP contribution in [0.15, 0.2) is 18.2 Å². The van der Waals surface area contributed by atoms with Gasteiger partial charge in [0.25, 0.3) is 5.91 Å². The molecule has 1 aliphatic carbocycles. The summed E-state index contributed by atoms with van der Waals surface area (Å²) < 4.78 is 51.7. The molecule has 1 saturated heterocycles. The molecule has 8 heteroatoms. The van der Waals surface area contributed by atoms with Gasteiger partial charge in [0.15, 0.2) is 0 Å². The standard InChI is InChI=1S/C18H23BF3NO3/c1-16(2)17(3,4)26-19(25-16)13-9-11(8-12(10-13)18(20,21)22)15(24)23-14-6-5-7-14/h8-10,14H,5-7H2,1-4H3,(H,23,24). The highest BCUT2D eigenvalue weighted by Crippen LogP contribution is 2.37. The molecule has 1 amide bonds. The van der Waals surface area contributed by atoms with Crippen molar-refractivity contribution in [3.63, 3.8) is 0 Å². The third-order valence-electron chi connectivity index (χ3n) is 5.51. The van der Waals surface area contributed by atoms with Crippen molar-refractivity contribution in [2.24, 2.45) is 0 Å². The Morgan fingerprint density at radius 1 is 1.12 bits per heavy atom. The molecule has 0 aromatic heterocycles. The quantitative estimate of drug-likeness (QED) is 0.832. The van der Waals surface area contributed by atoms with Crippen molar-refractivity contribution >= 4 is 18.5 Å². The van der Waals surface area contributed by atoms with E-state index in [4.69, 9.17) is 9.31 Å². The van der Waals surface area contributed by atoms with Crippen LogP contribution in [-0.4, -0.2) is 30.3 Å². The van der Waals surface area contributed by atoms with Crippen molar-refractivity contribution in [1.82, 2.24) is 5.32 Å². The van der Waals surface area contributed by atoms with Gasteiger partial charge < -0.3 is 14.6 Å². The Bertz CT molecular complexity index is 698. The molecule has 1 saturated carbocycles. The molecule has 2 aliphatic rings. The van der Waals surface area contributed by atoms with Crippen LogP contribution in [0.25, 0.3) is 0 Å². The average Bonchev–Trinajstić information content (AvgIpc) is 2.70. The van der Waals surface area contributed by atoms with Crippen LogP contribution in [0.1, 0.15) is 62.9 Å². The summed E-state index contributed by atoms with van der Waals surface area (Å²) in [5.41, 5.74) is -2.09. The lowest BCUT2D eigenvalue weighted by Crippen LogP contribution is -2.41. The van der Waals surface area contributed by atoms with Crippen molar-refractivity contribution in [3.8, 4) is 0 Å². The van der Waals surface area contributed by atoms with Gasteiger partial charge in [0.1, 0.15) is 0 Å². The number of alkyl halides is 3. The average molecular weight is 369 g/mol. The second-order valence-electron chi connectivity index (χ2n) is 8.03. The monoisotopic (exact) mass is 369 g/mol. The summed E-state index contributed by atoms with van der Waals surface area (Å²) in [7, 11) is -0.961. The van der Waals surface area contributed by atoms with Crippen molar-refractivity contribution < 1.29 is 27.3 Å². The van der Waals surface area contributed by atoms with Crippen LogP contribution >= 0.6 is 0 Å². The zero-order valence-electron chi connectivity index (χ0n) is 15.4. The van der Waals surface area contributed by atoms with E-state index in [2.05, 4.69) is 5.32 Å². The molecule has 1 aliphatic heterocycles. The van der Waals surface area contributed by atoms with Gasteiger partial charge in [-0.15, -0.1) is 0 Å². The molecule has 3 rings (SSSR count). The highest BCUT2D eigenvalue weighted by atomic mass is 19.4. The van der Waals surface area contributed by atoms with E-state index in [1.165, 1.54) is 6.07 Å². The van der Waals surface area contributed by atoms with Gasteiger partial charge in [-0.05, 0) is 64.6 Å². The molecule has 142 valence electrons. The van der Waals surface area contributed by atoms with Gasteiger partial charge in [-0.2, -0.15) is 13.2 Å². The molecule has 1 heterocycles. The molecule has 0 radical (unpaired) electrons. The summed E-state index contributed by atoms with van der Waals surface area (Å²) in [5.74, 6) is -0.501. The van der Waals surface area contributed by atoms with E-state index >= 15 is 0 Å². The maximum absolute atomic E-state index is 13.3. The van der Waals surface area contributed by atoms with E-state index in [1.807, 2.05) is 27.7 Å². The van der Waals surface area contributed by atoms with Gasteiger partial charge in [-0.1, -0.05) is 6.07 Å². The highest BCUT2D eigenvalue weighted by molar-refractivity contribution is 6.62. The van der Waals surface area contributed by atoms with Gasteiger partial charge >= 0.3 is 13.3 Å². The zero-order chi connectivity index (χ0) is 19.3. The van der Waals surface area contributed by atoms with E-state index in [9.17, 15) is 18.0 Å². The predicted octanol–water partition coefficient (Wildman–Crippen LogP) is 3.29. The molecule has 2 fully saturated rings. The summed E-state index contributed by atoms with van der Waals surface area (Å²) in [6.45, 7) is 7.30. The summed E-state index contributed by atoms with van der Waals surface area (Å²) in [6.07, 6.45) is -1.83. The molecule has 26 heavy (non-hydrogen) atoms. The number of hydrogen-bond acceptors (Lipinski definition) is 3. The van der Waals surface area contributed by atoms with Crippen molar-refractivity contribution in [2.75, 3.05) is 0 Å². The molecule has 1 aromatic rings. The van der Waals surface area contributed by atoms with Crippen LogP contribution in [0.3, 0.4) is 0 Å². The van der Waals surface area contributed by atoms with Crippen LogP contribution in [0.2, 0.25) is 0 Å². The Morgan fingerprint density at radius 2 is 1.69 bits per heavy atom. The normalized spacial score (nSPS) is 22.2. The van der Waals surface area contributed by atoms with Crippen molar-refractivity contribution in [3.05, 3.63) is 29.3 Å². The number of halogens is 3. The van der Waals surface area contributed by atoms with Crippen LogP contribution < -0.4 is 10.8 Å². The molecular weight excluding hydrogens is 346 g/mol. The van der Waals surface area contributed by atoms with Gasteiger partial charge in [0.05, 0.1) is 16.8 Å². The van der Waals surface area contributed by atoms with E-state index < -0.39 is 36.0 Å². The summed E-state index contributed by atoms with van der Waals surface area (Å²) >= 11 is 0. The summed E-state index contributed by atoms with van der Waals surface area (Å²) in [4.78, 5) is 12.4. The number of amides is 1. The highest BCUT2D eigenvalue weighted by Gasteiger charge is 2.52. The molecular formula is C18H23BF3NO3. The first-order valence-corrected chi connectivity index (χ1v) is 8.78. The smallest absolute Gasteiger partial charge is 0.399 e. The number of hydrogen-bond donors (Lipinski definition) is 1. The fourth-order valence-corrected chi connectivity index (χ4v) is 2.88. The van der Waals surface area contributed by atoms with E-state index in [-0.39, 0.29) is 17.1 Å². The van der Waals surface area contributed by atoms with Crippen LogP contribution in [-0.2, 0) is 15.5 Å². The number of carbonyl (C=O) groups excluding carboxylic acids is 1. The minimum Gasteiger partial charge on any atom is -0.399 e. The Morgan fingerprint density at radius 3 is 2.15 bits per heavy atom. The molecule has 4 nitrogen and oxygen atoms in total. The van der Waals surface area contributed by atoms with Gasteiger partial charge in [-0.25, -0.2) is 0 Å². The Kier molecular flexibility index (Phi) is 4.64. The second-order valence-corrected chi connectivity index (χ2v) is 8.03. The number of nitrogens with one attached hydrogen (secondary N) is 1. The van der Waals surface area contributed by atoms with Crippen molar-refractivity contribution in [2.45, 2.75) is 70.4 Å². The first-order valence-electron chi connectivity index (χ1n) is 8.78. The number of carbonyl (C=O) groups is 1. The molecule has 0 atom stereocenters. The lowest BCUT2D eigenvalue weighted by molar-refractivity contribution is -0.137. The first-order chi connectivity index (χ1) is 11.9. The Balaban J connectivity index is 1.94. The molecule has 0 spiro atoms. The van der Waals surface area contributed by atoms with Crippen LogP contribution in [0.5, 0.6) is 0 Å². The molecule has 1 N–H and O–H groups in total. The SMILES string of the molecule is CC1(C)OB(c2cc(C(=O)NC3CCC3)cc(C(F)(F)F)c2)OC1(C)C. The van der Waals surface area contributed by atoms with Crippen LogP contribution in [0, 0.1) is 0 Å². The third-order valence-corrected chi connectivity index (χ3v) is 5.51. The van der Waals surface area contributed by atoms with Crippen LogP contribution in [0.4, 0.5) is 13.2 Å². The summed E-state index contributed by atoms with van der Waals surface area (Å²) in [6, 6.07) is 3.33. The molecule has 1 aromatic carbocycles. The minimum atomic E-state index is -4.56. The van der Waals surface area contributed by atoms with E-state index in [0.29, 0.717) is 0 Å². The number of rotatable bonds is 3. The first kappa shape index (κ1) is 19.2. The Hall–Kier alpha value is -1.54. The maximum atomic E-state index is 13.3. The Labute approximate surface area is 151 Å². The molecule has 0 bridgehead atoms. The van der Waals surface area contributed by atoms with E-state index in [0.717, 1.165) is 31.4 Å². The lowest BCUT2D eigenvalue weighted by Gasteiger charge is -2.32. The third kappa shape index (κ3) is 3.62. The predicted molar refractivity (Wildman–Crippen MR) is 92.3 cm³/mol. The topological polar surface area (TPSA) is 47.6 Å². The van der Waals surface area contributed by atoms with Gasteiger partial charge in [0, 0.05) is 11.6 Å².